The summed E-state index contributed by atoms with van der Waals surface area (Å²) in [7, 11) is -3.11. The SMILES string of the molecule is CS(=O)(=O)Cc1cccc(Nc2cc(-c3ccccc3OCc3ccccc3)ncn2)c1. The number of aromatic nitrogens is 2. The number of hydrogen-bond donors (Lipinski definition) is 1. The van der Waals surface area contributed by atoms with Gasteiger partial charge in [0.2, 0.25) is 0 Å². The summed E-state index contributed by atoms with van der Waals surface area (Å²) in [6, 6.07) is 26.8. The van der Waals surface area contributed by atoms with Gasteiger partial charge in [0.25, 0.3) is 0 Å². The van der Waals surface area contributed by atoms with Crippen LogP contribution in [-0.2, 0) is 22.2 Å². The van der Waals surface area contributed by atoms with Gasteiger partial charge in [-0.25, -0.2) is 18.4 Å². The van der Waals surface area contributed by atoms with Gasteiger partial charge < -0.3 is 10.1 Å². The lowest BCUT2D eigenvalue weighted by atomic mass is 10.1. The van der Waals surface area contributed by atoms with Crippen LogP contribution in [0.2, 0.25) is 0 Å². The summed E-state index contributed by atoms with van der Waals surface area (Å²) >= 11 is 0. The van der Waals surface area contributed by atoms with Crippen LogP contribution in [0.15, 0.2) is 91.3 Å². The maximum absolute atomic E-state index is 11.6. The lowest BCUT2D eigenvalue weighted by Crippen LogP contribution is -2.02. The van der Waals surface area contributed by atoms with Gasteiger partial charge in [0.15, 0.2) is 9.84 Å². The minimum atomic E-state index is -3.11. The Morgan fingerprint density at radius 1 is 0.844 bits per heavy atom. The fraction of sp³-hybridized carbons (Fsp3) is 0.120. The Bertz CT molecular complexity index is 1310. The van der Waals surface area contributed by atoms with Crippen LogP contribution >= 0.6 is 0 Å². The van der Waals surface area contributed by atoms with E-state index in [9.17, 15) is 8.42 Å². The number of nitrogens with zero attached hydrogens (tertiary/aromatic N) is 2. The van der Waals surface area contributed by atoms with Crippen molar-refractivity contribution < 1.29 is 13.2 Å². The van der Waals surface area contributed by atoms with Crippen molar-refractivity contribution >= 4 is 21.3 Å². The van der Waals surface area contributed by atoms with E-state index in [1.807, 2.05) is 72.8 Å². The van der Waals surface area contributed by atoms with E-state index in [0.29, 0.717) is 18.0 Å². The molecule has 0 atom stereocenters. The van der Waals surface area contributed by atoms with E-state index in [2.05, 4.69) is 15.3 Å². The molecule has 32 heavy (non-hydrogen) atoms. The van der Waals surface area contributed by atoms with Crippen molar-refractivity contribution in [2.75, 3.05) is 11.6 Å². The molecule has 0 spiro atoms. The molecule has 3 aromatic carbocycles. The fourth-order valence-corrected chi connectivity index (χ4v) is 4.09. The minimum Gasteiger partial charge on any atom is -0.488 e. The molecule has 0 saturated carbocycles. The van der Waals surface area contributed by atoms with Crippen LogP contribution in [0.4, 0.5) is 11.5 Å². The Kier molecular flexibility index (Phi) is 6.47. The first kappa shape index (κ1) is 21.5. The van der Waals surface area contributed by atoms with Crippen molar-refractivity contribution in [1.29, 1.82) is 0 Å². The van der Waals surface area contributed by atoms with Crippen LogP contribution in [-0.4, -0.2) is 24.6 Å². The molecule has 0 aliphatic carbocycles. The molecule has 7 heteroatoms. The zero-order valence-electron chi connectivity index (χ0n) is 17.6. The van der Waals surface area contributed by atoms with Crippen molar-refractivity contribution in [2.45, 2.75) is 12.4 Å². The highest BCUT2D eigenvalue weighted by Gasteiger charge is 2.10. The molecule has 0 unspecified atom stereocenters. The van der Waals surface area contributed by atoms with Crippen molar-refractivity contribution in [2.24, 2.45) is 0 Å². The largest absolute Gasteiger partial charge is 0.488 e. The molecule has 0 fully saturated rings. The first-order valence-electron chi connectivity index (χ1n) is 10.1. The number of hydrogen-bond acceptors (Lipinski definition) is 6. The number of anilines is 2. The zero-order valence-corrected chi connectivity index (χ0v) is 18.4. The summed E-state index contributed by atoms with van der Waals surface area (Å²) in [4.78, 5) is 8.73. The molecular weight excluding hydrogens is 422 g/mol. The summed E-state index contributed by atoms with van der Waals surface area (Å²) in [5.41, 5.74) is 4.13. The van der Waals surface area contributed by atoms with Crippen LogP contribution in [0.5, 0.6) is 5.75 Å². The Labute approximate surface area is 187 Å². The van der Waals surface area contributed by atoms with Gasteiger partial charge in [0.1, 0.15) is 24.5 Å². The molecule has 0 bridgehead atoms. The predicted molar refractivity (Wildman–Crippen MR) is 127 cm³/mol. The molecule has 4 rings (SSSR count). The second kappa shape index (κ2) is 9.62. The summed E-state index contributed by atoms with van der Waals surface area (Å²) in [6.45, 7) is 0.459. The second-order valence-electron chi connectivity index (χ2n) is 7.45. The fourth-order valence-electron chi connectivity index (χ4n) is 3.30. The van der Waals surface area contributed by atoms with Crippen molar-refractivity contribution in [3.63, 3.8) is 0 Å². The highest BCUT2D eigenvalue weighted by Crippen LogP contribution is 2.30. The molecule has 0 amide bonds. The van der Waals surface area contributed by atoms with Gasteiger partial charge in [-0.2, -0.15) is 0 Å². The molecule has 0 aliphatic heterocycles. The van der Waals surface area contributed by atoms with Gasteiger partial charge in [0, 0.05) is 23.6 Å². The summed E-state index contributed by atoms with van der Waals surface area (Å²) in [5, 5.41) is 3.23. The van der Waals surface area contributed by atoms with Gasteiger partial charge in [-0.3, -0.25) is 0 Å². The number of nitrogens with one attached hydrogen (secondary N) is 1. The van der Waals surface area contributed by atoms with Gasteiger partial charge in [-0.15, -0.1) is 0 Å². The van der Waals surface area contributed by atoms with Gasteiger partial charge in [0.05, 0.1) is 11.4 Å². The second-order valence-corrected chi connectivity index (χ2v) is 9.59. The normalized spacial score (nSPS) is 11.2. The number of benzene rings is 3. The summed E-state index contributed by atoms with van der Waals surface area (Å²) in [6.07, 6.45) is 2.72. The number of para-hydroxylation sites is 1. The van der Waals surface area contributed by atoms with E-state index in [0.717, 1.165) is 28.3 Å². The molecule has 4 aromatic rings. The monoisotopic (exact) mass is 445 g/mol. The third-order valence-corrected chi connectivity index (χ3v) is 5.55. The number of rotatable bonds is 8. The first-order chi connectivity index (χ1) is 15.5. The molecule has 1 N–H and O–H groups in total. The van der Waals surface area contributed by atoms with Crippen molar-refractivity contribution in [3.8, 4) is 17.0 Å². The summed E-state index contributed by atoms with van der Waals surface area (Å²) in [5.74, 6) is 1.32. The summed E-state index contributed by atoms with van der Waals surface area (Å²) < 4.78 is 29.2. The molecule has 0 aliphatic rings. The van der Waals surface area contributed by atoms with E-state index in [1.54, 1.807) is 12.1 Å². The third kappa shape index (κ3) is 5.92. The highest BCUT2D eigenvalue weighted by molar-refractivity contribution is 7.89. The molecule has 162 valence electrons. The first-order valence-corrected chi connectivity index (χ1v) is 12.1. The van der Waals surface area contributed by atoms with Gasteiger partial charge in [-0.1, -0.05) is 54.6 Å². The predicted octanol–water partition coefficient (Wildman–Crippen LogP) is 5.01. The van der Waals surface area contributed by atoms with Gasteiger partial charge >= 0.3 is 0 Å². The molecule has 6 nitrogen and oxygen atoms in total. The van der Waals surface area contributed by atoms with Crippen LogP contribution in [0.1, 0.15) is 11.1 Å². The number of sulfone groups is 1. The maximum atomic E-state index is 11.6. The maximum Gasteiger partial charge on any atom is 0.151 e. The molecule has 0 radical (unpaired) electrons. The van der Waals surface area contributed by atoms with Crippen molar-refractivity contribution in [1.82, 2.24) is 9.97 Å². The van der Waals surface area contributed by atoms with Crippen LogP contribution in [0, 0.1) is 0 Å². The third-order valence-electron chi connectivity index (χ3n) is 4.70. The Morgan fingerprint density at radius 2 is 1.59 bits per heavy atom. The van der Waals surface area contributed by atoms with Crippen LogP contribution < -0.4 is 10.1 Å². The highest BCUT2D eigenvalue weighted by atomic mass is 32.2. The lowest BCUT2D eigenvalue weighted by Gasteiger charge is -2.12. The number of ether oxygens (including phenoxy) is 1. The topological polar surface area (TPSA) is 81.2 Å². The average molecular weight is 446 g/mol. The smallest absolute Gasteiger partial charge is 0.151 e. The molecule has 1 aromatic heterocycles. The van der Waals surface area contributed by atoms with E-state index in [-0.39, 0.29) is 5.75 Å². The van der Waals surface area contributed by atoms with E-state index in [1.165, 1.54) is 12.6 Å². The Balaban J connectivity index is 1.54. The lowest BCUT2D eigenvalue weighted by molar-refractivity contribution is 0.307. The van der Waals surface area contributed by atoms with Crippen LogP contribution in [0.25, 0.3) is 11.3 Å². The van der Waals surface area contributed by atoms with Crippen LogP contribution in [0.3, 0.4) is 0 Å². The molecule has 1 heterocycles. The van der Waals surface area contributed by atoms with Crippen molar-refractivity contribution in [3.05, 3.63) is 102 Å². The minimum absolute atomic E-state index is 0.0102. The Hall–Kier alpha value is -3.71. The zero-order chi connectivity index (χ0) is 22.4. The van der Waals surface area contributed by atoms with E-state index < -0.39 is 9.84 Å². The molecular formula is C25H23N3O3S. The van der Waals surface area contributed by atoms with E-state index >= 15 is 0 Å². The Morgan fingerprint density at radius 3 is 2.41 bits per heavy atom. The quantitative estimate of drug-likeness (QED) is 0.411. The van der Waals surface area contributed by atoms with Gasteiger partial charge in [-0.05, 0) is 35.4 Å². The standard InChI is InChI=1S/C25H23N3O3S/c1-32(29,30)17-20-10-7-11-21(14-20)28-25-15-23(26-18-27-25)22-12-5-6-13-24(22)31-16-19-8-3-2-4-9-19/h2-15,18H,16-17H2,1H3,(H,26,27,28). The van der Waals surface area contributed by atoms with E-state index in [4.69, 9.17) is 4.74 Å². The average Bonchev–Trinajstić information content (AvgIpc) is 2.78. The molecule has 0 saturated heterocycles.